The Morgan fingerprint density at radius 1 is 1.04 bits per heavy atom. The fraction of sp³-hybridized carbons (Fsp3) is 0.596. The standard InChI is InChI=1S/C45H61ClN6O7S.C2HF3O2/c1-31(2)43-48-36(29-60-43)44(56)51-23-26-59-45(30-51)16-20-50(21-17-45)27-34-8-6-7-32(40(34)46)14-24-57-25-15-39(55)52(35-9-4-3-5-10-35)22-19-47-18-13-33-11-12-37(53)41-42(33)58-28-38(54)49-41;3-2(4,5)1(6)7/h6-8,11-12,29,31,35,47,53H,3-5,9-10,13-28,30H2,1-2H3,(H,49,54);(H,6,7). The molecule has 0 atom stereocenters. The molecule has 0 radical (unpaired) electrons. The van der Waals surface area contributed by atoms with Crippen molar-refractivity contribution in [2.75, 3.05) is 77.6 Å². The number of amides is 3. The first-order chi connectivity index (χ1) is 32.0. The number of ether oxygens (including phenoxy) is 3. The second-order valence-electron chi connectivity index (χ2n) is 17.7. The van der Waals surface area contributed by atoms with Crippen molar-refractivity contribution >= 4 is 52.3 Å². The number of phenolic OH excluding ortho intramolecular Hbond substituents is 1. The number of piperidine rings is 1. The molecule has 2 saturated heterocycles. The van der Waals surface area contributed by atoms with Gasteiger partial charge in [0.05, 0.1) is 43.4 Å². The maximum absolute atomic E-state index is 13.6. The van der Waals surface area contributed by atoms with Gasteiger partial charge in [-0.25, -0.2) is 9.78 Å². The van der Waals surface area contributed by atoms with E-state index in [2.05, 4.69) is 57.5 Å². The first-order valence-electron chi connectivity index (χ1n) is 23.1. The smallest absolute Gasteiger partial charge is 0.490 e. The van der Waals surface area contributed by atoms with Crippen LogP contribution in [0.15, 0.2) is 35.7 Å². The van der Waals surface area contributed by atoms with E-state index in [1.54, 1.807) is 17.4 Å². The van der Waals surface area contributed by atoms with Crippen molar-refractivity contribution in [1.29, 1.82) is 0 Å². The number of rotatable bonds is 17. The number of phenols is 1. The Bertz CT molecular complexity index is 2160. The molecule has 1 saturated carbocycles. The molecule has 7 rings (SSSR count). The molecule has 67 heavy (non-hydrogen) atoms. The third-order valence-corrected chi connectivity index (χ3v) is 14.2. The van der Waals surface area contributed by atoms with Crippen LogP contribution in [0, 0.1) is 0 Å². The number of carbonyl (C=O) groups excluding carboxylic acids is 3. The zero-order valence-corrected chi connectivity index (χ0v) is 39.7. The number of aromatic hydroxyl groups is 1. The lowest BCUT2D eigenvalue weighted by atomic mass is 9.89. The average Bonchev–Trinajstić information content (AvgIpc) is 3.81. The van der Waals surface area contributed by atoms with Gasteiger partial charge in [0.2, 0.25) is 5.91 Å². The Morgan fingerprint density at radius 3 is 2.48 bits per heavy atom. The highest BCUT2D eigenvalue weighted by molar-refractivity contribution is 7.09. The highest BCUT2D eigenvalue weighted by atomic mass is 35.5. The van der Waals surface area contributed by atoms with E-state index in [0.29, 0.717) is 94.9 Å². The molecule has 15 nitrogen and oxygen atoms in total. The van der Waals surface area contributed by atoms with Crippen LogP contribution < -0.4 is 15.4 Å². The van der Waals surface area contributed by atoms with Gasteiger partial charge in [0, 0.05) is 61.6 Å². The van der Waals surface area contributed by atoms with Crippen molar-refractivity contribution in [1.82, 2.24) is 25.0 Å². The normalized spacial score (nSPS) is 17.6. The summed E-state index contributed by atoms with van der Waals surface area (Å²) in [5.41, 5.74) is 3.58. The van der Waals surface area contributed by atoms with Gasteiger partial charge in [-0.2, -0.15) is 13.2 Å². The number of carboxylic acid groups (broad SMARTS) is 1. The number of hydrogen-bond acceptors (Lipinski definition) is 12. The van der Waals surface area contributed by atoms with Gasteiger partial charge in [-0.3, -0.25) is 19.3 Å². The summed E-state index contributed by atoms with van der Waals surface area (Å²) >= 11 is 8.54. The summed E-state index contributed by atoms with van der Waals surface area (Å²) in [6.45, 7) is 11.1. The molecule has 4 heterocycles. The lowest BCUT2D eigenvalue weighted by Crippen LogP contribution is -2.58. The molecule has 1 aromatic heterocycles. The number of aromatic nitrogens is 1. The Labute approximate surface area is 398 Å². The number of aliphatic carboxylic acids is 1. The van der Waals surface area contributed by atoms with E-state index in [4.69, 9.17) is 35.7 Å². The van der Waals surface area contributed by atoms with Gasteiger partial charge in [0.1, 0.15) is 17.1 Å². The van der Waals surface area contributed by atoms with Gasteiger partial charge in [-0.15, -0.1) is 11.3 Å². The third kappa shape index (κ3) is 14.5. The fourth-order valence-corrected chi connectivity index (χ4v) is 9.98. The Balaban J connectivity index is 0.000000980. The molecule has 3 aromatic rings. The number of halogens is 4. The van der Waals surface area contributed by atoms with Crippen LogP contribution in [0.5, 0.6) is 11.5 Å². The van der Waals surface area contributed by atoms with E-state index in [9.17, 15) is 32.7 Å². The Morgan fingerprint density at radius 2 is 1.78 bits per heavy atom. The Hall–Kier alpha value is -4.53. The molecule has 2 aromatic carbocycles. The van der Waals surface area contributed by atoms with E-state index in [1.165, 1.54) is 6.42 Å². The maximum atomic E-state index is 13.6. The molecule has 4 N–H and O–H groups in total. The number of hydrogen-bond donors (Lipinski definition) is 4. The number of carbonyl (C=O) groups is 4. The highest BCUT2D eigenvalue weighted by Gasteiger charge is 2.42. The Kier molecular flexibility index (Phi) is 18.7. The minimum atomic E-state index is -5.08. The summed E-state index contributed by atoms with van der Waals surface area (Å²) < 4.78 is 49.8. The van der Waals surface area contributed by atoms with Crippen LogP contribution in [0.2, 0.25) is 5.02 Å². The number of nitrogens with one attached hydrogen (secondary N) is 2. The molecule has 0 unspecified atom stereocenters. The van der Waals surface area contributed by atoms with Gasteiger partial charge in [0.25, 0.3) is 11.8 Å². The maximum Gasteiger partial charge on any atom is 0.490 e. The summed E-state index contributed by atoms with van der Waals surface area (Å²) in [5.74, 6) is -2.10. The number of nitrogens with zero attached hydrogens (tertiary/aromatic N) is 4. The second kappa shape index (κ2) is 24.2. The molecule has 1 spiro atoms. The molecule has 1 aliphatic carbocycles. The SMILES string of the molecule is CC(C)c1nc(C(=O)N2CCOC3(CCN(Cc4cccc(CCOCCC(=O)N(CCNCCc5ccc(O)c6c5OCC(=O)N6)C5CCCCC5)c4Cl)CC3)C2)cs1.O=C(O)C(F)(F)F. The quantitative estimate of drug-likeness (QED) is 0.0801. The van der Waals surface area contributed by atoms with Crippen molar-refractivity contribution < 1.29 is 56.8 Å². The number of likely N-dealkylation sites (tertiary alicyclic amines) is 1. The molecule has 20 heteroatoms. The molecular weight excluding hydrogens is 917 g/mol. The number of anilines is 1. The average molecular weight is 980 g/mol. The van der Waals surface area contributed by atoms with Crippen LogP contribution in [0.1, 0.15) is 103 Å². The van der Waals surface area contributed by atoms with E-state index in [0.717, 1.165) is 84.9 Å². The second-order valence-corrected chi connectivity index (χ2v) is 19.0. The van der Waals surface area contributed by atoms with E-state index in [-0.39, 0.29) is 41.7 Å². The summed E-state index contributed by atoms with van der Waals surface area (Å²) in [7, 11) is 0. The molecular formula is C47H62ClF3N6O9S. The number of morpholine rings is 1. The van der Waals surface area contributed by atoms with Gasteiger partial charge in [-0.05, 0) is 67.8 Å². The summed E-state index contributed by atoms with van der Waals surface area (Å²) in [6.07, 6.45) is 3.84. The van der Waals surface area contributed by atoms with Crippen molar-refractivity contribution in [3.8, 4) is 11.5 Å². The van der Waals surface area contributed by atoms with Gasteiger partial charge in [0.15, 0.2) is 12.4 Å². The minimum absolute atomic E-state index is 0.00184. The predicted molar refractivity (Wildman–Crippen MR) is 247 cm³/mol. The third-order valence-electron chi connectivity index (χ3n) is 12.6. The molecule has 3 amide bonds. The molecule has 4 aliphatic rings. The van der Waals surface area contributed by atoms with Crippen molar-refractivity contribution in [2.24, 2.45) is 0 Å². The summed E-state index contributed by atoms with van der Waals surface area (Å²) in [5, 5.41) is 27.1. The van der Waals surface area contributed by atoms with Crippen molar-refractivity contribution in [3.63, 3.8) is 0 Å². The van der Waals surface area contributed by atoms with Gasteiger partial charge in [-0.1, -0.05) is 69.0 Å². The van der Waals surface area contributed by atoms with Gasteiger partial charge >= 0.3 is 12.1 Å². The van der Waals surface area contributed by atoms with E-state index < -0.39 is 12.1 Å². The fourth-order valence-electron chi connectivity index (χ4n) is 8.89. The van der Waals surface area contributed by atoms with Crippen LogP contribution in [0.4, 0.5) is 18.9 Å². The van der Waals surface area contributed by atoms with Crippen LogP contribution >= 0.6 is 22.9 Å². The first-order valence-corrected chi connectivity index (χ1v) is 24.3. The van der Waals surface area contributed by atoms with Gasteiger partial charge < -0.3 is 44.9 Å². The topological polar surface area (TPSA) is 183 Å². The zero-order valence-electron chi connectivity index (χ0n) is 38.1. The molecule has 3 fully saturated rings. The van der Waals surface area contributed by atoms with Crippen LogP contribution in [0.3, 0.4) is 0 Å². The van der Waals surface area contributed by atoms with E-state index >= 15 is 0 Å². The summed E-state index contributed by atoms with van der Waals surface area (Å²) in [6, 6.07) is 9.85. The highest BCUT2D eigenvalue weighted by Crippen LogP contribution is 2.39. The largest absolute Gasteiger partial charge is 0.506 e. The van der Waals surface area contributed by atoms with Crippen LogP contribution in [-0.2, 0) is 43.2 Å². The molecule has 368 valence electrons. The number of carboxylic acids is 1. The van der Waals surface area contributed by atoms with Crippen LogP contribution in [0.25, 0.3) is 0 Å². The zero-order chi connectivity index (χ0) is 48.1. The van der Waals surface area contributed by atoms with Crippen LogP contribution in [-0.4, -0.2) is 144 Å². The minimum Gasteiger partial charge on any atom is -0.506 e. The lowest BCUT2D eigenvalue weighted by Gasteiger charge is -2.47. The number of thiazole rings is 1. The number of fused-ring (bicyclic) bond motifs is 1. The first kappa shape index (κ1) is 51.9. The van der Waals surface area contributed by atoms with Crippen molar-refractivity contribution in [2.45, 2.75) is 108 Å². The number of alkyl halides is 3. The van der Waals surface area contributed by atoms with E-state index in [1.807, 2.05) is 16.3 Å². The lowest BCUT2D eigenvalue weighted by molar-refractivity contribution is -0.192. The predicted octanol–water partition coefficient (Wildman–Crippen LogP) is 7.04. The molecule has 0 bridgehead atoms. The monoisotopic (exact) mass is 978 g/mol. The molecule has 3 aliphatic heterocycles. The number of benzene rings is 2. The van der Waals surface area contributed by atoms with Crippen molar-refractivity contribution in [3.05, 3.63) is 68.1 Å². The summed E-state index contributed by atoms with van der Waals surface area (Å²) in [4.78, 5) is 58.6.